The number of allylic oxidation sites excluding steroid dienone is 2. The molecule has 7 nitrogen and oxygen atoms in total. The zero-order chi connectivity index (χ0) is 23.6. The standard InChI is InChI=1S/C24H30F2N4O3/c1-14-6-5-7-16(12-14)15(2)18(31)11-10-17-19(32)13-20-23(17)24(25,26)21(33-20)8-3-4-9-22-27-29-30-28-22/h5-8,10-12,15,17-20,23,31-32H,3-4,9,13H2,1-2H3,(H,27,28,29,30)/b11-10+,21-8-/t15-,17+,18-,19-,20?,23?/m1/s1. The van der Waals surface area contributed by atoms with Crippen molar-refractivity contribution in [1.29, 1.82) is 0 Å². The normalized spacial score (nSPS) is 29.3. The molecule has 0 radical (unpaired) electrons. The summed E-state index contributed by atoms with van der Waals surface area (Å²) >= 11 is 0. The van der Waals surface area contributed by atoms with Crippen LogP contribution in [0.3, 0.4) is 0 Å². The van der Waals surface area contributed by atoms with Crippen molar-refractivity contribution in [3.8, 4) is 0 Å². The molecular formula is C24H30F2N4O3. The van der Waals surface area contributed by atoms with Crippen molar-refractivity contribution in [2.45, 2.75) is 69.7 Å². The van der Waals surface area contributed by atoms with Crippen molar-refractivity contribution in [3.63, 3.8) is 0 Å². The lowest BCUT2D eigenvalue weighted by atomic mass is 9.86. The van der Waals surface area contributed by atoms with Crippen LogP contribution in [0.5, 0.6) is 0 Å². The number of rotatable bonds is 8. The van der Waals surface area contributed by atoms with Crippen LogP contribution in [0.2, 0.25) is 0 Å². The van der Waals surface area contributed by atoms with E-state index in [1.165, 1.54) is 12.2 Å². The number of benzene rings is 1. The van der Waals surface area contributed by atoms with E-state index in [9.17, 15) is 10.2 Å². The largest absolute Gasteiger partial charge is 0.488 e. The van der Waals surface area contributed by atoms with E-state index in [-0.39, 0.29) is 18.1 Å². The fraction of sp³-hybridized carbons (Fsp3) is 0.542. The Morgan fingerprint density at radius 2 is 2.18 bits per heavy atom. The molecular weight excluding hydrogens is 430 g/mol. The molecule has 178 valence electrons. The molecule has 0 spiro atoms. The molecule has 4 rings (SSSR count). The molecule has 2 fully saturated rings. The van der Waals surface area contributed by atoms with Gasteiger partial charge >= 0.3 is 5.92 Å². The second-order valence-electron chi connectivity index (χ2n) is 9.05. The molecule has 33 heavy (non-hydrogen) atoms. The van der Waals surface area contributed by atoms with Gasteiger partial charge in [-0.25, -0.2) is 0 Å². The highest BCUT2D eigenvalue weighted by molar-refractivity contribution is 5.27. The van der Waals surface area contributed by atoms with Crippen LogP contribution in [0.25, 0.3) is 0 Å². The molecule has 3 N–H and O–H groups in total. The number of nitrogens with one attached hydrogen (secondary N) is 1. The third kappa shape index (κ3) is 4.99. The minimum absolute atomic E-state index is 0.138. The molecule has 1 aliphatic heterocycles. The Morgan fingerprint density at radius 3 is 2.91 bits per heavy atom. The van der Waals surface area contributed by atoms with Gasteiger partial charge in [-0.05, 0) is 31.4 Å². The molecule has 9 heteroatoms. The molecule has 1 aromatic carbocycles. The van der Waals surface area contributed by atoms with E-state index in [0.29, 0.717) is 25.1 Å². The molecule has 6 atom stereocenters. The lowest BCUT2D eigenvalue weighted by molar-refractivity contribution is -0.0273. The van der Waals surface area contributed by atoms with Crippen LogP contribution in [0, 0.1) is 18.8 Å². The first-order chi connectivity index (χ1) is 15.8. The second kappa shape index (κ2) is 9.69. The van der Waals surface area contributed by atoms with E-state index >= 15 is 8.78 Å². The topological polar surface area (TPSA) is 104 Å². The third-order valence-corrected chi connectivity index (χ3v) is 6.69. The van der Waals surface area contributed by atoms with Gasteiger partial charge in [0.2, 0.25) is 0 Å². The van der Waals surface area contributed by atoms with Crippen LogP contribution < -0.4 is 0 Å². The smallest absolute Gasteiger partial charge is 0.310 e. The first-order valence-electron chi connectivity index (χ1n) is 11.4. The molecule has 2 heterocycles. The minimum Gasteiger partial charge on any atom is -0.488 e. The number of halogens is 2. The number of ether oxygens (including phenoxy) is 1. The maximum atomic E-state index is 15.2. The summed E-state index contributed by atoms with van der Waals surface area (Å²) in [4.78, 5) is 0. The molecule has 0 amide bonds. The monoisotopic (exact) mass is 460 g/mol. The molecule has 2 unspecified atom stereocenters. The van der Waals surface area contributed by atoms with Crippen LogP contribution >= 0.6 is 0 Å². The van der Waals surface area contributed by atoms with Crippen molar-refractivity contribution in [2.24, 2.45) is 11.8 Å². The number of aliphatic hydroxyl groups excluding tert-OH is 2. The van der Waals surface area contributed by atoms with Crippen molar-refractivity contribution < 1.29 is 23.7 Å². The number of H-pyrrole nitrogens is 1. The number of alkyl halides is 2. The summed E-state index contributed by atoms with van der Waals surface area (Å²) in [5, 5.41) is 34.6. The quantitative estimate of drug-likeness (QED) is 0.412. The summed E-state index contributed by atoms with van der Waals surface area (Å²) in [5.74, 6) is -5.13. The summed E-state index contributed by atoms with van der Waals surface area (Å²) in [6.45, 7) is 3.87. The zero-order valence-electron chi connectivity index (χ0n) is 18.7. The fourth-order valence-corrected chi connectivity index (χ4v) is 4.80. The number of aromatic amines is 1. The average Bonchev–Trinajstić information content (AvgIpc) is 3.46. The van der Waals surface area contributed by atoms with Gasteiger partial charge in [-0.15, -0.1) is 10.2 Å². The van der Waals surface area contributed by atoms with Crippen molar-refractivity contribution >= 4 is 0 Å². The van der Waals surface area contributed by atoms with Gasteiger partial charge < -0.3 is 14.9 Å². The lowest BCUT2D eigenvalue weighted by Gasteiger charge is -2.23. The number of unbranched alkanes of at least 4 members (excludes halogenated alkanes) is 1. The van der Waals surface area contributed by atoms with Gasteiger partial charge in [0.1, 0.15) is 6.10 Å². The second-order valence-corrected chi connectivity index (χ2v) is 9.05. The summed E-state index contributed by atoms with van der Waals surface area (Å²) < 4.78 is 36.1. The highest BCUT2D eigenvalue weighted by atomic mass is 19.3. The SMILES string of the molecule is Cc1cccc([C@@H](C)[C@H](O)/C=C/[C@@H]2C3C(C[C@H]2O)O/C(=C\CCCc2nn[nH]n2)C3(F)F)c1. The molecule has 1 aromatic heterocycles. The van der Waals surface area contributed by atoms with E-state index in [0.717, 1.165) is 11.1 Å². The van der Waals surface area contributed by atoms with Crippen LogP contribution in [0.15, 0.2) is 48.3 Å². The van der Waals surface area contributed by atoms with Crippen molar-refractivity contribution in [2.75, 3.05) is 0 Å². The molecule has 0 bridgehead atoms. The first kappa shape index (κ1) is 23.5. The van der Waals surface area contributed by atoms with E-state index in [2.05, 4.69) is 20.6 Å². The molecule has 1 aliphatic carbocycles. The Labute approximate surface area is 191 Å². The highest BCUT2D eigenvalue weighted by Gasteiger charge is 2.63. The predicted molar refractivity (Wildman–Crippen MR) is 117 cm³/mol. The summed E-state index contributed by atoms with van der Waals surface area (Å²) in [6, 6.07) is 7.84. The fourth-order valence-electron chi connectivity index (χ4n) is 4.80. The van der Waals surface area contributed by atoms with Gasteiger partial charge in [-0.3, -0.25) is 0 Å². The van der Waals surface area contributed by atoms with Crippen LogP contribution in [0.4, 0.5) is 8.78 Å². The Bertz CT molecular complexity index is 995. The lowest BCUT2D eigenvalue weighted by Crippen LogP contribution is -2.33. The van der Waals surface area contributed by atoms with Crippen LogP contribution in [-0.2, 0) is 11.2 Å². The number of fused-ring (bicyclic) bond motifs is 1. The number of tetrazole rings is 1. The zero-order valence-corrected chi connectivity index (χ0v) is 18.7. The Morgan fingerprint density at radius 1 is 1.36 bits per heavy atom. The van der Waals surface area contributed by atoms with Crippen LogP contribution in [0.1, 0.15) is 49.1 Å². The number of aryl methyl sites for hydroxylation is 2. The molecule has 2 aromatic rings. The van der Waals surface area contributed by atoms with Gasteiger partial charge in [0, 0.05) is 24.7 Å². The Balaban J connectivity index is 1.41. The first-order valence-corrected chi connectivity index (χ1v) is 11.4. The predicted octanol–water partition coefficient (Wildman–Crippen LogP) is 3.47. The number of hydrogen-bond acceptors (Lipinski definition) is 6. The Kier molecular flexibility index (Phi) is 6.90. The molecule has 1 saturated heterocycles. The number of hydrogen-bond donors (Lipinski definition) is 3. The number of aliphatic hydroxyl groups is 2. The van der Waals surface area contributed by atoms with Crippen molar-refractivity contribution in [3.05, 3.63) is 65.2 Å². The maximum absolute atomic E-state index is 15.2. The average molecular weight is 461 g/mol. The van der Waals surface area contributed by atoms with Crippen molar-refractivity contribution in [1.82, 2.24) is 20.6 Å². The molecule has 1 saturated carbocycles. The van der Waals surface area contributed by atoms with Gasteiger partial charge in [-0.2, -0.15) is 14.0 Å². The van der Waals surface area contributed by atoms with E-state index in [1.807, 2.05) is 38.1 Å². The Hall–Kier alpha value is -2.65. The summed E-state index contributed by atoms with van der Waals surface area (Å²) in [6.07, 6.45) is 3.62. The highest BCUT2D eigenvalue weighted by Crippen LogP contribution is 2.54. The van der Waals surface area contributed by atoms with Gasteiger partial charge in [0.15, 0.2) is 11.6 Å². The van der Waals surface area contributed by atoms with Gasteiger partial charge in [0.05, 0.1) is 18.1 Å². The number of aromatic nitrogens is 4. The summed E-state index contributed by atoms with van der Waals surface area (Å²) in [5.41, 5.74) is 2.06. The van der Waals surface area contributed by atoms with Gasteiger partial charge in [-0.1, -0.05) is 54.1 Å². The maximum Gasteiger partial charge on any atom is 0.310 e. The third-order valence-electron chi connectivity index (χ3n) is 6.69. The van der Waals surface area contributed by atoms with Crippen LogP contribution in [-0.4, -0.2) is 55.1 Å². The number of nitrogens with zero attached hydrogens (tertiary/aromatic N) is 3. The molecule has 2 aliphatic rings. The summed E-state index contributed by atoms with van der Waals surface area (Å²) in [7, 11) is 0. The van der Waals surface area contributed by atoms with E-state index in [4.69, 9.17) is 4.74 Å². The van der Waals surface area contributed by atoms with E-state index in [1.54, 1.807) is 6.08 Å². The van der Waals surface area contributed by atoms with E-state index < -0.39 is 36.1 Å². The van der Waals surface area contributed by atoms with Gasteiger partial charge in [0.25, 0.3) is 0 Å². The minimum atomic E-state index is -3.18.